The van der Waals surface area contributed by atoms with Gasteiger partial charge in [-0.05, 0) is 49.7 Å². The van der Waals surface area contributed by atoms with E-state index in [2.05, 4.69) is 11.0 Å². The van der Waals surface area contributed by atoms with Crippen molar-refractivity contribution in [1.82, 2.24) is 0 Å². The standard InChI is InChI=1S/C26H31F3N2O4.ClH/c1-2-34-24-5-3-4-20(15-24)30-12-10-23(11-13-30)35-22-8-6-19(7-9-22)31-17-18(26(27,28)29)14-21(31)16-25(32)33;/h3-9,15,18,21,23H,2,10-14,16-17H2,1H3,(H,32,33);1H/t18-,21-;/m1./s1. The fourth-order valence-electron chi connectivity index (χ4n) is 4.94. The van der Waals surface area contributed by atoms with Crippen LogP contribution in [-0.2, 0) is 4.79 Å². The van der Waals surface area contributed by atoms with Crippen LogP contribution in [0.25, 0.3) is 0 Å². The third-order valence-electron chi connectivity index (χ3n) is 6.69. The minimum Gasteiger partial charge on any atom is -0.494 e. The van der Waals surface area contributed by atoms with Crippen molar-refractivity contribution in [3.05, 3.63) is 48.5 Å². The van der Waals surface area contributed by atoms with Crippen molar-refractivity contribution in [2.24, 2.45) is 5.92 Å². The number of carboxylic acid groups (broad SMARTS) is 1. The van der Waals surface area contributed by atoms with Gasteiger partial charge in [0.05, 0.1) is 18.9 Å². The van der Waals surface area contributed by atoms with Gasteiger partial charge in [0.1, 0.15) is 17.6 Å². The van der Waals surface area contributed by atoms with E-state index in [1.54, 1.807) is 29.2 Å². The molecule has 4 rings (SSSR count). The molecule has 0 unspecified atom stereocenters. The summed E-state index contributed by atoms with van der Waals surface area (Å²) < 4.78 is 51.5. The fraction of sp³-hybridized carbons (Fsp3) is 0.500. The smallest absolute Gasteiger partial charge is 0.393 e. The van der Waals surface area contributed by atoms with Gasteiger partial charge in [-0.1, -0.05) is 6.07 Å². The minimum atomic E-state index is -4.34. The van der Waals surface area contributed by atoms with E-state index in [9.17, 15) is 18.0 Å². The van der Waals surface area contributed by atoms with E-state index in [4.69, 9.17) is 14.6 Å². The van der Waals surface area contributed by atoms with Crippen molar-refractivity contribution in [3.63, 3.8) is 0 Å². The molecule has 2 aromatic rings. The number of alkyl halides is 3. The van der Waals surface area contributed by atoms with E-state index in [-0.39, 0.29) is 37.9 Å². The van der Waals surface area contributed by atoms with Gasteiger partial charge in [0.25, 0.3) is 0 Å². The Kier molecular flexibility index (Phi) is 9.22. The summed E-state index contributed by atoms with van der Waals surface area (Å²) in [5.41, 5.74) is 1.71. The molecule has 2 heterocycles. The molecule has 2 fully saturated rings. The van der Waals surface area contributed by atoms with E-state index >= 15 is 0 Å². The molecule has 10 heteroatoms. The lowest BCUT2D eigenvalue weighted by Crippen LogP contribution is -2.38. The summed E-state index contributed by atoms with van der Waals surface area (Å²) in [4.78, 5) is 15.1. The van der Waals surface area contributed by atoms with Gasteiger partial charge < -0.3 is 24.4 Å². The Morgan fingerprint density at radius 1 is 1.06 bits per heavy atom. The monoisotopic (exact) mass is 528 g/mol. The Balaban J connectivity index is 0.00000361. The van der Waals surface area contributed by atoms with Gasteiger partial charge in [0.2, 0.25) is 0 Å². The van der Waals surface area contributed by atoms with Crippen molar-refractivity contribution in [2.75, 3.05) is 36.0 Å². The molecular formula is C26H32ClF3N2O4. The van der Waals surface area contributed by atoms with Crippen LogP contribution in [-0.4, -0.2) is 55.6 Å². The Hall–Kier alpha value is -2.81. The number of aliphatic carboxylic acids is 1. The highest BCUT2D eigenvalue weighted by Gasteiger charge is 2.47. The van der Waals surface area contributed by atoms with Gasteiger partial charge in [-0.25, -0.2) is 0 Å². The summed E-state index contributed by atoms with van der Waals surface area (Å²) >= 11 is 0. The molecule has 36 heavy (non-hydrogen) atoms. The topological polar surface area (TPSA) is 62.2 Å². The van der Waals surface area contributed by atoms with Gasteiger partial charge in [0, 0.05) is 56.0 Å². The van der Waals surface area contributed by atoms with E-state index in [1.807, 2.05) is 25.1 Å². The normalized spacial score (nSPS) is 20.7. The van der Waals surface area contributed by atoms with Crippen LogP contribution in [0.15, 0.2) is 48.5 Å². The summed E-state index contributed by atoms with van der Waals surface area (Å²) in [6.07, 6.45) is -3.13. The van der Waals surface area contributed by atoms with Crippen molar-refractivity contribution < 1.29 is 32.5 Å². The number of ether oxygens (including phenoxy) is 2. The van der Waals surface area contributed by atoms with Crippen molar-refractivity contribution >= 4 is 29.8 Å². The first kappa shape index (κ1) is 27.8. The molecule has 6 nitrogen and oxygen atoms in total. The number of nitrogens with zero attached hydrogens (tertiary/aromatic N) is 2. The lowest BCUT2D eigenvalue weighted by molar-refractivity contribution is -0.169. The third kappa shape index (κ3) is 6.90. The van der Waals surface area contributed by atoms with Crippen molar-refractivity contribution in [1.29, 1.82) is 0 Å². The van der Waals surface area contributed by atoms with Crippen LogP contribution >= 0.6 is 12.4 Å². The predicted octanol–water partition coefficient (Wildman–Crippen LogP) is 5.79. The van der Waals surface area contributed by atoms with Gasteiger partial charge in [0.15, 0.2) is 0 Å². The summed E-state index contributed by atoms with van der Waals surface area (Å²) in [6, 6.07) is 14.3. The zero-order valence-corrected chi connectivity index (χ0v) is 20.9. The van der Waals surface area contributed by atoms with Gasteiger partial charge in [-0.15, -0.1) is 12.4 Å². The van der Waals surface area contributed by atoms with Crippen LogP contribution in [0.5, 0.6) is 11.5 Å². The minimum absolute atomic E-state index is 0. The van der Waals surface area contributed by atoms with Crippen molar-refractivity contribution in [3.8, 4) is 11.5 Å². The summed E-state index contributed by atoms with van der Waals surface area (Å²) in [7, 11) is 0. The molecule has 2 aromatic carbocycles. The van der Waals surface area contributed by atoms with Crippen LogP contribution in [0.1, 0.15) is 32.6 Å². The third-order valence-corrected chi connectivity index (χ3v) is 6.69. The molecule has 0 saturated carbocycles. The molecule has 0 aliphatic carbocycles. The number of benzene rings is 2. The van der Waals surface area contributed by atoms with Gasteiger partial charge in [-0.2, -0.15) is 13.2 Å². The molecule has 198 valence electrons. The maximum atomic E-state index is 13.3. The second-order valence-corrected chi connectivity index (χ2v) is 9.11. The van der Waals surface area contributed by atoms with Gasteiger partial charge >= 0.3 is 12.1 Å². The first-order valence-corrected chi connectivity index (χ1v) is 12.0. The zero-order valence-electron chi connectivity index (χ0n) is 20.1. The van der Waals surface area contributed by atoms with Gasteiger partial charge in [-0.3, -0.25) is 4.79 Å². The Morgan fingerprint density at radius 2 is 1.75 bits per heavy atom. The summed E-state index contributed by atoms with van der Waals surface area (Å²) in [6.45, 7) is 4.05. The first-order chi connectivity index (χ1) is 16.7. The SMILES string of the molecule is CCOc1cccc(N2CCC(Oc3ccc(N4C[C@H](C(F)(F)F)C[C@@H]4CC(=O)O)cc3)CC2)c1.Cl. The molecule has 1 N–H and O–H groups in total. The number of carboxylic acids is 1. The van der Waals surface area contributed by atoms with Crippen LogP contribution < -0.4 is 19.3 Å². The number of hydrogen-bond donors (Lipinski definition) is 1. The lowest BCUT2D eigenvalue weighted by atomic mass is 10.0. The first-order valence-electron chi connectivity index (χ1n) is 12.0. The number of halogens is 4. The number of carbonyl (C=O) groups is 1. The molecule has 0 bridgehead atoms. The fourth-order valence-corrected chi connectivity index (χ4v) is 4.94. The highest BCUT2D eigenvalue weighted by molar-refractivity contribution is 5.85. The second-order valence-electron chi connectivity index (χ2n) is 9.11. The largest absolute Gasteiger partial charge is 0.494 e. The Morgan fingerprint density at radius 3 is 2.36 bits per heavy atom. The zero-order chi connectivity index (χ0) is 25.0. The van der Waals surface area contributed by atoms with E-state index in [1.165, 1.54) is 0 Å². The van der Waals surface area contributed by atoms with E-state index in [0.717, 1.165) is 37.4 Å². The Labute approximate surface area is 215 Å². The number of piperidine rings is 1. The van der Waals surface area contributed by atoms with Crippen LogP contribution in [0.3, 0.4) is 0 Å². The average molecular weight is 529 g/mol. The maximum Gasteiger partial charge on any atom is 0.393 e. The molecule has 0 spiro atoms. The maximum absolute atomic E-state index is 13.3. The van der Waals surface area contributed by atoms with Crippen LogP contribution in [0, 0.1) is 5.92 Å². The lowest BCUT2D eigenvalue weighted by Gasteiger charge is -2.34. The average Bonchev–Trinajstić information content (AvgIpc) is 3.24. The quantitative estimate of drug-likeness (QED) is 0.468. The highest BCUT2D eigenvalue weighted by atomic mass is 35.5. The molecule has 0 amide bonds. The van der Waals surface area contributed by atoms with Crippen molar-refractivity contribution in [2.45, 2.75) is 50.9 Å². The summed E-state index contributed by atoms with van der Waals surface area (Å²) in [5.74, 6) is -1.11. The summed E-state index contributed by atoms with van der Waals surface area (Å²) in [5, 5.41) is 9.15. The predicted molar refractivity (Wildman–Crippen MR) is 135 cm³/mol. The van der Waals surface area contributed by atoms with Crippen LogP contribution in [0.4, 0.5) is 24.5 Å². The number of rotatable bonds is 8. The molecule has 2 atom stereocenters. The molecular weight excluding hydrogens is 497 g/mol. The number of anilines is 2. The Bertz CT molecular complexity index is 997. The van der Waals surface area contributed by atoms with E-state index < -0.39 is 24.1 Å². The second kappa shape index (κ2) is 12.0. The molecule has 2 aliphatic rings. The molecule has 2 aliphatic heterocycles. The van der Waals surface area contributed by atoms with E-state index in [0.29, 0.717) is 18.0 Å². The molecule has 2 saturated heterocycles. The molecule has 0 radical (unpaired) electrons. The molecule has 0 aromatic heterocycles. The van der Waals surface area contributed by atoms with Crippen LogP contribution in [0.2, 0.25) is 0 Å². The number of hydrogen-bond acceptors (Lipinski definition) is 5. The highest BCUT2D eigenvalue weighted by Crippen LogP contribution is 2.40.